The van der Waals surface area contributed by atoms with Crippen LogP contribution in [0.4, 0.5) is 19.0 Å². The molecule has 2 N–H and O–H groups in total. The fourth-order valence-electron chi connectivity index (χ4n) is 2.15. The molecule has 0 aliphatic heterocycles. The average Bonchev–Trinajstić information content (AvgIpc) is 2.46. The van der Waals surface area contributed by atoms with Gasteiger partial charge in [0.15, 0.2) is 0 Å². The topological polar surface area (TPSA) is 66.9 Å². The summed E-state index contributed by atoms with van der Waals surface area (Å²) >= 11 is 0. The molecule has 1 aromatic heterocycles. The van der Waals surface area contributed by atoms with Gasteiger partial charge in [0.1, 0.15) is 11.9 Å². The van der Waals surface area contributed by atoms with Crippen LogP contribution in [0.5, 0.6) is 0 Å². The van der Waals surface area contributed by atoms with Crippen molar-refractivity contribution in [3.05, 3.63) is 62.8 Å². The third kappa shape index (κ3) is 3.82. The molecule has 0 saturated heterocycles. The highest BCUT2D eigenvalue weighted by molar-refractivity contribution is 5.36. The highest BCUT2D eigenvalue weighted by atomic mass is 19.4. The molecule has 0 spiro atoms. The summed E-state index contributed by atoms with van der Waals surface area (Å²) in [6.07, 6.45) is -4.68. The monoisotopic (exact) mass is 327 g/mol. The Kier molecular flexibility index (Phi) is 4.63. The van der Waals surface area contributed by atoms with Crippen molar-refractivity contribution in [2.75, 3.05) is 5.32 Å². The van der Waals surface area contributed by atoms with Gasteiger partial charge in [0.25, 0.3) is 5.56 Å². The molecule has 0 unspecified atom stereocenters. The molecule has 2 rings (SSSR count). The Morgan fingerprint density at radius 1 is 1.13 bits per heavy atom. The van der Waals surface area contributed by atoms with Crippen LogP contribution in [-0.4, -0.2) is 15.7 Å². The van der Waals surface area contributed by atoms with Crippen molar-refractivity contribution in [2.45, 2.75) is 32.1 Å². The Bertz CT molecular complexity index is 750. The zero-order valence-electron chi connectivity index (χ0n) is 12.5. The third-order valence-corrected chi connectivity index (χ3v) is 3.50. The van der Waals surface area contributed by atoms with E-state index in [2.05, 4.69) is 10.3 Å². The van der Waals surface area contributed by atoms with Crippen molar-refractivity contribution in [3.8, 4) is 0 Å². The first kappa shape index (κ1) is 16.9. The molecule has 23 heavy (non-hydrogen) atoms. The van der Waals surface area contributed by atoms with Crippen LogP contribution in [0.1, 0.15) is 31.5 Å². The molecule has 1 aromatic carbocycles. The van der Waals surface area contributed by atoms with Crippen LogP contribution < -0.4 is 16.6 Å². The number of aromatic amines is 1. The fraction of sp³-hybridized carbons (Fsp3) is 0.333. The van der Waals surface area contributed by atoms with Crippen molar-refractivity contribution in [1.82, 2.24) is 9.55 Å². The first-order valence-electron chi connectivity index (χ1n) is 6.94. The van der Waals surface area contributed by atoms with E-state index in [0.29, 0.717) is 0 Å². The van der Waals surface area contributed by atoms with Crippen LogP contribution in [-0.2, 0) is 0 Å². The molecule has 0 radical (unpaired) electrons. The van der Waals surface area contributed by atoms with E-state index in [0.717, 1.165) is 18.6 Å². The largest absolute Gasteiger partial charge is 0.409 e. The number of H-pyrrole nitrogens is 1. The van der Waals surface area contributed by atoms with Gasteiger partial charge >= 0.3 is 11.9 Å². The number of hydrogen-bond donors (Lipinski definition) is 2. The number of anilines is 1. The quantitative estimate of drug-likeness (QED) is 0.907. The minimum absolute atomic E-state index is 0.0713. The highest BCUT2D eigenvalue weighted by Crippen LogP contribution is 2.27. The molecule has 0 saturated carbocycles. The number of hydrogen-bond acceptors (Lipinski definition) is 3. The Morgan fingerprint density at radius 2 is 1.74 bits per heavy atom. The van der Waals surface area contributed by atoms with Crippen molar-refractivity contribution < 1.29 is 13.2 Å². The summed E-state index contributed by atoms with van der Waals surface area (Å²) < 4.78 is 38.2. The predicted molar refractivity (Wildman–Crippen MR) is 80.6 cm³/mol. The van der Waals surface area contributed by atoms with Crippen molar-refractivity contribution >= 4 is 5.82 Å². The van der Waals surface area contributed by atoms with Crippen molar-refractivity contribution in [2.24, 2.45) is 0 Å². The van der Waals surface area contributed by atoms with Gasteiger partial charge in [0, 0.05) is 12.1 Å². The molecule has 0 aliphatic carbocycles. The maximum absolute atomic E-state index is 12.7. The molecule has 2 atom stereocenters. The van der Waals surface area contributed by atoms with Gasteiger partial charge in [-0.05, 0) is 19.4 Å². The average molecular weight is 327 g/mol. The van der Waals surface area contributed by atoms with Gasteiger partial charge in [0.2, 0.25) is 0 Å². The number of halogens is 3. The lowest BCUT2D eigenvalue weighted by Gasteiger charge is -2.19. The van der Waals surface area contributed by atoms with E-state index in [9.17, 15) is 22.8 Å². The summed E-state index contributed by atoms with van der Waals surface area (Å²) in [6.45, 7) is 2.56. The first-order valence-corrected chi connectivity index (χ1v) is 6.94. The number of benzene rings is 1. The van der Waals surface area contributed by atoms with Crippen molar-refractivity contribution in [3.63, 3.8) is 0 Å². The maximum Gasteiger partial charge on any atom is 0.409 e. The number of aromatic nitrogens is 2. The Labute approximate surface area is 129 Å². The standard InChI is InChI=1S/C15H16F3N3O2/c1-9(11-6-4-3-5-7-11)19-12-8-13(22)21(14(23)20-12)10(2)15(16,17)18/h3-10,19H,1-2H3,(H,20,23)/t9-,10+/m0/s1. The number of nitrogens with zero attached hydrogens (tertiary/aromatic N) is 1. The normalized spacial score (nSPS) is 14.3. The number of nitrogens with one attached hydrogen (secondary N) is 2. The van der Waals surface area contributed by atoms with Crippen LogP contribution in [0.3, 0.4) is 0 Å². The minimum Gasteiger partial charge on any atom is -0.365 e. The van der Waals surface area contributed by atoms with E-state index >= 15 is 0 Å². The van der Waals surface area contributed by atoms with Crippen LogP contribution in [0.15, 0.2) is 46.0 Å². The smallest absolute Gasteiger partial charge is 0.365 e. The van der Waals surface area contributed by atoms with Crippen molar-refractivity contribution in [1.29, 1.82) is 0 Å². The van der Waals surface area contributed by atoms with E-state index in [1.54, 1.807) is 6.92 Å². The highest BCUT2D eigenvalue weighted by Gasteiger charge is 2.39. The lowest BCUT2D eigenvalue weighted by Crippen LogP contribution is -2.42. The van der Waals surface area contributed by atoms with E-state index in [4.69, 9.17) is 0 Å². The predicted octanol–water partition coefficient (Wildman–Crippen LogP) is 2.83. The number of rotatable bonds is 4. The second-order valence-corrected chi connectivity index (χ2v) is 5.19. The fourth-order valence-corrected chi connectivity index (χ4v) is 2.15. The van der Waals surface area contributed by atoms with Gasteiger partial charge in [-0.2, -0.15) is 13.2 Å². The Balaban J connectivity index is 2.31. The summed E-state index contributed by atoms with van der Waals surface area (Å²) in [5, 5.41) is 2.89. The lowest BCUT2D eigenvalue weighted by molar-refractivity contribution is -0.164. The summed E-state index contributed by atoms with van der Waals surface area (Å²) in [6, 6.07) is 7.73. The van der Waals surface area contributed by atoms with E-state index in [1.807, 2.05) is 30.3 Å². The molecule has 1 heterocycles. The van der Waals surface area contributed by atoms with Crippen LogP contribution in [0.25, 0.3) is 0 Å². The Morgan fingerprint density at radius 3 is 2.26 bits per heavy atom. The SMILES string of the molecule is C[C@H](Nc1cc(=O)n([C@H](C)C(F)(F)F)c(=O)[nH]1)c1ccccc1. The van der Waals surface area contributed by atoms with E-state index in [-0.39, 0.29) is 16.4 Å². The van der Waals surface area contributed by atoms with E-state index in [1.165, 1.54) is 0 Å². The number of alkyl halides is 3. The molecule has 0 bridgehead atoms. The van der Waals surface area contributed by atoms with Gasteiger partial charge < -0.3 is 5.32 Å². The van der Waals surface area contributed by atoms with Gasteiger partial charge in [-0.3, -0.25) is 9.78 Å². The van der Waals surface area contributed by atoms with Gasteiger partial charge in [-0.15, -0.1) is 0 Å². The Hall–Kier alpha value is -2.51. The molecule has 2 aromatic rings. The molecule has 5 nitrogen and oxygen atoms in total. The second kappa shape index (κ2) is 6.31. The lowest BCUT2D eigenvalue weighted by atomic mass is 10.1. The van der Waals surface area contributed by atoms with Crippen LogP contribution >= 0.6 is 0 Å². The zero-order chi connectivity index (χ0) is 17.2. The zero-order valence-corrected chi connectivity index (χ0v) is 12.5. The molecular weight excluding hydrogens is 311 g/mol. The minimum atomic E-state index is -4.68. The third-order valence-electron chi connectivity index (χ3n) is 3.50. The van der Waals surface area contributed by atoms with Gasteiger partial charge in [-0.25, -0.2) is 9.36 Å². The van der Waals surface area contributed by atoms with Gasteiger partial charge in [0.05, 0.1) is 0 Å². The van der Waals surface area contributed by atoms with Crippen LogP contribution in [0, 0.1) is 0 Å². The molecule has 0 amide bonds. The summed E-state index contributed by atoms with van der Waals surface area (Å²) in [4.78, 5) is 26.0. The molecule has 124 valence electrons. The molecule has 0 fully saturated rings. The van der Waals surface area contributed by atoms with Crippen LogP contribution in [0.2, 0.25) is 0 Å². The molecule has 0 aliphatic rings. The summed E-state index contributed by atoms with van der Waals surface area (Å²) in [7, 11) is 0. The molecular formula is C15H16F3N3O2. The van der Waals surface area contributed by atoms with Gasteiger partial charge in [-0.1, -0.05) is 30.3 Å². The molecule has 8 heteroatoms. The first-order chi connectivity index (χ1) is 10.7. The maximum atomic E-state index is 12.7. The van der Waals surface area contributed by atoms with E-state index < -0.39 is 23.5 Å². The summed E-state index contributed by atoms with van der Waals surface area (Å²) in [5.74, 6) is 0.0713. The second-order valence-electron chi connectivity index (χ2n) is 5.19. The summed E-state index contributed by atoms with van der Waals surface area (Å²) in [5.41, 5.74) is -1.22.